The van der Waals surface area contributed by atoms with Gasteiger partial charge in [0, 0.05) is 9.92 Å². The average molecular weight is 348 g/mol. The van der Waals surface area contributed by atoms with Gasteiger partial charge in [-0.25, -0.2) is 0 Å². The molecule has 1 aromatic heterocycles. The van der Waals surface area contributed by atoms with Gasteiger partial charge in [-0.3, -0.25) is 4.79 Å². The summed E-state index contributed by atoms with van der Waals surface area (Å²) in [6.07, 6.45) is 0. The molecule has 0 fully saturated rings. The van der Waals surface area contributed by atoms with E-state index in [-0.39, 0.29) is 10.4 Å². The van der Waals surface area contributed by atoms with Gasteiger partial charge in [0.05, 0.1) is 5.75 Å². The zero-order chi connectivity index (χ0) is 13.1. The second kappa shape index (κ2) is 5.77. The minimum atomic E-state index is -0.399. The Morgan fingerprint density at radius 3 is 2.94 bits per heavy atom. The Balaban J connectivity index is 2.14. The molecule has 0 bridgehead atoms. The molecular weight excluding hydrogens is 340 g/mol. The van der Waals surface area contributed by atoms with Crippen LogP contribution >= 0.6 is 39.3 Å². The first-order chi connectivity index (χ1) is 8.56. The van der Waals surface area contributed by atoms with Gasteiger partial charge in [0.2, 0.25) is 5.88 Å². The Bertz CT molecular complexity index is 633. The van der Waals surface area contributed by atoms with Crippen molar-refractivity contribution in [2.45, 2.75) is 10.6 Å². The predicted molar refractivity (Wildman–Crippen MR) is 75.2 cm³/mol. The summed E-state index contributed by atoms with van der Waals surface area (Å²) < 4.78 is 0.0407. The summed E-state index contributed by atoms with van der Waals surface area (Å²) in [5, 5.41) is 10.1. The molecule has 0 aliphatic carbocycles. The zero-order valence-electron chi connectivity index (χ0n) is 8.98. The predicted octanol–water partition coefficient (Wildman–Crippen LogP) is 3.18. The fourth-order valence-electron chi connectivity index (χ4n) is 1.27. The molecule has 0 aliphatic rings. The van der Waals surface area contributed by atoms with Crippen molar-refractivity contribution in [1.29, 1.82) is 0 Å². The average Bonchev–Trinajstić information content (AvgIpc) is 2.33. The number of H-pyrrole nitrogens is 1. The number of thioether (sulfide) groups is 1. The van der Waals surface area contributed by atoms with Gasteiger partial charge < -0.3 is 10.1 Å². The van der Waals surface area contributed by atoms with Crippen LogP contribution in [0.5, 0.6) is 5.88 Å². The molecule has 0 aliphatic heterocycles. The number of hydrogen-bond donors (Lipinski definition) is 2. The number of aromatic amines is 1. The lowest BCUT2D eigenvalue weighted by atomic mass is 10.4. The van der Waals surface area contributed by atoms with Gasteiger partial charge in [0.15, 0.2) is 0 Å². The highest BCUT2D eigenvalue weighted by atomic mass is 79.9. The summed E-state index contributed by atoms with van der Waals surface area (Å²) in [5.74, 6) is 0.544. The van der Waals surface area contributed by atoms with Gasteiger partial charge in [-0.15, -0.1) is 11.8 Å². The Morgan fingerprint density at radius 1 is 1.50 bits per heavy atom. The number of rotatable bonds is 3. The van der Waals surface area contributed by atoms with Crippen LogP contribution in [0.3, 0.4) is 0 Å². The van der Waals surface area contributed by atoms with E-state index in [2.05, 4.69) is 25.9 Å². The van der Waals surface area contributed by atoms with Crippen molar-refractivity contribution in [1.82, 2.24) is 9.97 Å². The van der Waals surface area contributed by atoms with Crippen molar-refractivity contribution in [3.05, 3.63) is 49.9 Å². The van der Waals surface area contributed by atoms with Gasteiger partial charge in [-0.05, 0) is 34.1 Å². The molecule has 0 amide bonds. The minimum Gasteiger partial charge on any atom is -0.492 e. The van der Waals surface area contributed by atoms with Crippen LogP contribution in [0.15, 0.2) is 38.4 Å². The summed E-state index contributed by atoms with van der Waals surface area (Å²) in [6, 6.07) is 7.37. The highest BCUT2D eigenvalue weighted by Crippen LogP contribution is 2.25. The van der Waals surface area contributed by atoms with Crippen LogP contribution in [0.2, 0.25) is 5.02 Å². The highest BCUT2D eigenvalue weighted by molar-refractivity contribution is 9.10. The Kier molecular flexibility index (Phi) is 4.31. The SMILES string of the molecule is O=c1[nH]c(CSc2cccc(Cl)c2)nc(O)c1Br. The van der Waals surface area contributed by atoms with E-state index >= 15 is 0 Å². The molecule has 2 N–H and O–H groups in total. The second-order valence-electron chi connectivity index (χ2n) is 3.40. The normalized spacial score (nSPS) is 10.6. The van der Waals surface area contributed by atoms with Crippen LogP contribution in [-0.2, 0) is 5.75 Å². The summed E-state index contributed by atoms with van der Waals surface area (Å²) in [5.41, 5.74) is -0.399. The molecule has 0 radical (unpaired) electrons. The standard InChI is InChI=1S/C11H8BrClN2O2S/c12-9-10(16)14-8(15-11(9)17)5-18-7-3-1-2-6(13)4-7/h1-4H,5H2,(H2,14,15,16,17). The van der Waals surface area contributed by atoms with Crippen LogP contribution < -0.4 is 5.56 Å². The lowest BCUT2D eigenvalue weighted by Crippen LogP contribution is -2.11. The quantitative estimate of drug-likeness (QED) is 0.837. The maximum Gasteiger partial charge on any atom is 0.269 e. The molecule has 2 rings (SSSR count). The van der Waals surface area contributed by atoms with Crippen LogP contribution in [0, 0.1) is 0 Å². The van der Waals surface area contributed by atoms with Crippen LogP contribution in [-0.4, -0.2) is 15.1 Å². The van der Waals surface area contributed by atoms with Crippen molar-refractivity contribution < 1.29 is 5.11 Å². The Labute approximate surface area is 121 Å². The van der Waals surface area contributed by atoms with Gasteiger partial charge in [-0.2, -0.15) is 4.98 Å². The highest BCUT2D eigenvalue weighted by Gasteiger charge is 2.07. The molecule has 94 valence electrons. The maximum absolute atomic E-state index is 11.4. The molecule has 18 heavy (non-hydrogen) atoms. The van der Waals surface area contributed by atoms with Crippen LogP contribution in [0.1, 0.15) is 5.82 Å². The van der Waals surface area contributed by atoms with E-state index in [0.717, 1.165) is 4.90 Å². The Hall–Kier alpha value is -0.980. The zero-order valence-corrected chi connectivity index (χ0v) is 12.1. The van der Waals surface area contributed by atoms with E-state index in [9.17, 15) is 9.90 Å². The van der Waals surface area contributed by atoms with Crippen molar-refractivity contribution in [2.75, 3.05) is 0 Å². The number of benzene rings is 1. The third-order valence-electron chi connectivity index (χ3n) is 2.07. The lowest BCUT2D eigenvalue weighted by Gasteiger charge is -2.03. The van der Waals surface area contributed by atoms with Crippen molar-refractivity contribution >= 4 is 39.3 Å². The molecular formula is C11H8BrClN2O2S. The van der Waals surface area contributed by atoms with Gasteiger partial charge in [0.25, 0.3) is 5.56 Å². The summed E-state index contributed by atoms with van der Waals surface area (Å²) >= 11 is 10.3. The Morgan fingerprint density at radius 2 is 2.28 bits per heavy atom. The first kappa shape index (κ1) is 13.5. The van der Waals surface area contributed by atoms with Gasteiger partial charge in [-0.1, -0.05) is 17.7 Å². The molecule has 0 spiro atoms. The van der Waals surface area contributed by atoms with E-state index < -0.39 is 5.56 Å². The molecule has 1 heterocycles. The molecule has 1 aromatic carbocycles. The van der Waals surface area contributed by atoms with Gasteiger partial charge >= 0.3 is 0 Å². The number of nitrogens with zero attached hydrogens (tertiary/aromatic N) is 1. The smallest absolute Gasteiger partial charge is 0.269 e. The van der Waals surface area contributed by atoms with E-state index in [1.807, 2.05) is 18.2 Å². The number of nitrogens with one attached hydrogen (secondary N) is 1. The van der Waals surface area contributed by atoms with Crippen molar-refractivity contribution in [2.24, 2.45) is 0 Å². The minimum absolute atomic E-state index is 0.0407. The summed E-state index contributed by atoms with van der Waals surface area (Å²) in [6.45, 7) is 0. The fraction of sp³-hybridized carbons (Fsp3) is 0.0909. The summed E-state index contributed by atoms with van der Waals surface area (Å²) in [7, 11) is 0. The molecule has 4 nitrogen and oxygen atoms in total. The monoisotopic (exact) mass is 346 g/mol. The van der Waals surface area contributed by atoms with Crippen molar-refractivity contribution in [3.63, 3.8) is 0 Å². The van der Waals surface area contributed by atoms with E-state index in [0.29, 0.717) is 16.6 Å². The first-order valence-corrected chi connectivity index (χ1v) is 7.08. The first-order valence-electron chi connectivity index (χ1n) is 4.92. The molecule has 0 saturated heterocycles. The van der Waals surface area contributed by atoms with E-state index in [1.54, 1.807) is 6.07 Å². The number of hydrogen-bond acceptors (Lipinski definition) is 4. The lowest BCUT2D eigenvalue weighted by molar-refractivity contribution is 0.444. The largest absolute Gasteiger partial charge is 0.492 e. The number of halogens is 2. The van der Waals surface area contributed by atoms with Crippen LogP contribution in [0.4, 0.5) is 0 Å². The molecule has 7 heteroatoms. The van der Waals surface area contributed by atoms with Gasteiger partial charge in [0.1, 0.15) is 10.3 Å². The third kappa shape index (κ3) is 3.28. The maximum atomic E-state index is 11.4. The third-order valence-corrected chi connectivity index (χ3v) is 4.02. The van der Waals surface area contributed by atoms with Crippen LogP contribution in [0.25, 0.3) is 0 Å². The van der Waals surface area contributed by atoms with E-state index in [1.165, 1.54) is 11.8 Å². The molecule has 0 saturated carbocycles. The van der Waals surface area contributed by atoms with Crippen molar-refractivity contribution in [3.8, 4) is 5.88 Å². The topological polar surface area (TPSA) is 66.0 Å². The van der Waals surface area contributed by atoms with E-state index in [4.69, 9.17) is 11.6 Å². The second-order valence-corrected chi connectivity index (χ2v) is 5.67. The molecule has 2 aromatic rings. The molecule has 0 unspecified atom stereocenters. The fourth-order valence-corrected chi connectivity index (χ4v) is 2.54. The number of aromatic hydroxyl groups is 1. The number of aromatic nitrogens is 2. The molecule has 0 atom stereocenters. The summed E-state index contributed by atoms with van der Waals surface area (Å²) in [4.78, 5) is 18.8.